The van der Waals surface area contributed by atoms with Crippen molar-refractivity contribution in [3.63, 3.8) is 0 Å². The number of unbranched alkanes of at least 4 members (excludes halogenated alkanes) is 1. The lowest BCUT2D eigenvalue weighted by Crippen LogP contribution is -2.39. The highest BCUT2D eigenvalue weighted by Gasteiger charge is 2.12. The zero-order valence-electron chi connectivity index (χ0n) is 15.3. The van der Waals surface area contributed by atoms with Crippen molar-refractivity contribution >= 4 is 5.96 Å². The summed E-state index contributed by atoms with van der Waals surface area (Å²) in [5, 5.41) is 15.0. The molecule has 0 fully saturated rings. The monoisotopic (exact) mass is 332 g/mol. The van der Waals surface area contributed by atoms with Crippen LogP contribution in [-0.4, -0.2) is 27.3 Å². The highest BCUT2D eigenvalue weighted by molar-refractivity contribution is 5.80. The zero-order chi connectivity index (χ0) is 17.5. The predicted octanol–water partition coefficient (Wildman–Crippen LogP) is 2.62. The maximum absolute atomic E-state index is 5.69. The summed E-state index contributed by atoms with van der Waals surface area (Å²) < 4.78 is 7.64. The molecule has 1 unspecified atom stereocenters. The van der Waals surface area contributed by atoms with Crippen LogP contribution in [0.15, 0.2) is 21.5 Å². The van der Waals surface area contributed by atoms with Crippen molar-refractivity contribution < 1.29 is 4.42 Å². The molecule has 2 N–H and O–H groups in total. The Labute approximate surface area is 143 Å². The lowest BCUT2D eigenvalue weighted by molar-refractivity contribution is 0.441. The third kappa shape index (κ3) is 4.84. The van der Waals surface area contributed by atoms with Gasteiger partial charge in [-0.05, 0) is 39.3 Å². The standard InChI is InChI=1S/C17H28N6O/c1-6-7-10-18-17(19-11-16-22-21-14(4)23(16)5)20-13(3)15-9-8-12(2)24-15/h8-9,13H,6-7,10-11H2,1-5H3,(H2,18,19,20). The predicted molar refractivity (Wildman–Crippen MR) is 94.8 cm³/mol. The van der Waals surface area contributed by atoms with Crippen LogP contribution >= 0.6 is 0 Å². The number of aliphatic imine (C=N–C) groups is 1. The maximum atomic E-state index is 5.69. The second kappa shape index (κ2) is 8.52. The molecular formula is C17H28N6O. The van der Waals surface area contributed by atoms with E-state index in [4.69, 9.17) is 4.42 Å². The number of aromatic nitrogens is 3. The normalized spacial score (nSPS) is 13.1. The van der Waals surface area contributed by atoms with Gasteiger partial charge in [-0.1, -0.05) is 13.3 Å². The van der Waals surface area contributed by atoms with Crippen LogP contribution < -0.4 is 10.6 Å². The number of hydrogen-bond donors (Lipinski definition) is 2. The van der Waals surface area contributed by atoms with Crippen LogP contribution in [0.5, 0.6) is 0 Å². The average Bonchev–Trinajstić information content (AvgIpc) is 3.12. The van der Waals surface area contributed by atoms with Crippen LogP contribution in [0.2, 0.25) is 0 Å². The first-order chi connectivity index (χ1) is 11.5. The maximum Gasteiger partial charge on any atom is 0.192 e. The van der Waals surface area contributed by atoms with Crippen molar-refractivity contribution in [2.75, 3.05) is 6.54 Å². The van der Waals surface area contributed by atoms with Crippen molar-refractivity contribution in [1.29, 1.82) is 0 Å². The molecule has 0 radical (unpaired) electrons. The topological polar surface area (TPSA) is 80.3 Å². The van der Waals surface area contributed by atoms with Crippen LogP contribution in [0.1, 0.15) is 55.9 Å². The average molecular weight is 332 g/mol. The molecule has 2 rings (SSSR count). The van der Waals surface area contributed by atoms with E-state index in [-0.39, 0.29) is 6.04 Å². The van der Waals surface area contributed by atoms with Gasteiger partial charge in [0.25, 0.3) is 0 Å². The molecule has 2 aromatic heterocycles. The summed E-state index contributed by atoms with van der Waals surface area (Å²) in [7, 11) is 1.95. The molecule has 24 heavy (non-hydrogen) atoms. The quantitative estimate of drug-likeness (QED) is 0.463. The Hall–Kier alpha value is -2.31. The fraction of sp³-hybridized carbons (Fsp3) is 0.588. The molecule has 7 heteroatoms. The van der Waals surface area contributed by atoms with E-state index in [9.17, 15) is 0 Å². The van der Waals surface area contributed by atoms with Gasteiger partial charge < -0.3 is 19.6 Å². The Bertz CT molecular complexity index is 672. The molecule has 7 nitrogen and oxygen atoms in total. The largest absolute Gasteiger partial charge is 0.464 e. The molecule has 0 amide bonds. The SMILES string of the molecule is CCCCNC(=NCc1nnc(C)n1C)NC(C)c1ccc(C)o1. The summed E-state index contributed by atoms with van der Waals surface area (Å²) in [6.45, 7) is 9.46. The Kier molecular flexibility index (Phi) is 6.40. The van der Waals surface area contributed by atoms with E-state index in [0.717, 1.165) is 48.5 Å². The van der Waals surface area contributed by atoms with E-state index in [2.05, 4.69) is 39.7 Å². The van der Waals surface area contributed by atoms with Crippen LogP contribution in [0.3, 0.4) is 0 Å². The van der Waals surface area contributed by atoms with E-state index in [1.54, 1.807) is 0 Å². The number of rotatable bonds is 7. The lowest BCUT2D eigenvalue weighted by Gasteiger charge is -2.16. The summed E-state index contributed by atoms with van der Waals surface area (Å²) in [6.07, 6.45) is 2.23. The van der Waals surface area contributed by atoms with Crippen LogP contribution in [-0.2, 0) is 13.6 Å². The van der Waals surface area contributed by atoms with Crippen LogP contribution in [0.4, 0.5) is 0 Å². The van der Waals surface area contributed by atoms with Crippen molar-refractivity contribution in [2.45, 2.75) is 53.1 Å². The van der Waals surface area contributed by atoms with Crippen molar-refractivity contribution in [1.82, 2.24) is 25.4 Å². The summed E-state index contributed by atoms with van der Waals surface area (Å²) in [5.41, 5.74) is 0. The van der Waals surface area contributed by atoms with Gasteiger partial charge in [0.05, 0.1) is 6.04 Å². The summed E-state index contributed by atoms with van der Waals surface area (Å²) in [4.78, 5) is 4.64. The molecule has 0 aliphatic rings. The van der Waals surface area contributed by atoms with Gasteiger partial charge in [-0.2, -0.15) is 0 Å². The Morgan fingerprint density at radius 3 is 2.71 bits per heavy atom. The van der Waals surface area contributed by atoms with Gasteiger partial charge in [-0.3, -0.25) is 0 Å². The molecule has 0 aliphatic heterocycles. The van der Waals surface area contributed by atoms with Crippen molar-refractivity contribution in [2.24, 2.45) is 12.0 Å². The lowest BCUT2D eigenvalue weighted by atomic mass is 10.2. The minimum absolute atomic E-state index is 0.0350. The molecule has 132 valence electrons. The minimum Gasteiger partial charge on any atom is -0.464 e. The van der Waals surface area contributed by atoms with Gasteiger partial charge in [-0.25, -0.2) is 4.99 Å². The summed E-state index contributed by atoms with van der Waals surface area (Å²) >= 11 is 0. The molecule has 0 bridgehead atoms. The van der Waals surface area contributed by atoms with Gasteiger partial charge in [0.15, 0.2) is 11.8 Å². The number of furan rings is 1. The first kappa shape index (κ1) is 18.0. The van der Waals surface area contributed by atoms with Gasteiger partial charge in [-0.15, -0.1) is 10.2 Å². The second-order valence-electron chi connectivity index (χ2n) is 5.98. The van der Waals surface area contributed by atoms with E-state index in [1.807, 2.05) is 37.6 Å². The highest BCUT2D eigenvalue weighted by atomic mass is 16.3. The van der Waals surface area contributed by atoms with E-state index in [1.165, 1.54) is 0 Å². The third-order valence-electron chi connectivity index (χ3n) is 3.93. The summed E-state index contributed by atoms with van der Waals surface area (Å²) in [6, 6.07) is 3.99. The Morgan fingerprint density at radius 1 is 1.33 bits per heavy atom. The molecule has 0 spiro atoms. The van der Waals surface area contributed by atoms with Crippen LogP contribution in [0.25, 0.3) is 0 Å². The smallest absolute Gasteiger partial charge is 0.192 e. The molecular weight excluding hydrogens is 304 g/mol. The first-order valence-corrected chi connectivity index (χ1v) is 8.47. The van der Waals surface area contributed by atoms with E-state index >= 15 is 0 Å². The number of aryl methyl sites for hydroxylation is 2. The van der Waals surface area contributed by atoms with Gasteiger partial charge >= 0.3 is 0 Å². The van der Waals surface area contributed by atoms with Crippen molar-refractivity contribution in [3.05, 3.63) is 35.3 Å². The number of nitrogens with zero attached hydrogens (tertiary/aromatic N) is 4. The number of guanidine groups is 1. The molecule has 0 saturated heterocycles. The molecule has 0 aromatic carbocycles. The fourth-order valence-electron chi connectivity index (χ4n) is 2.24. The molecule has 2 heterocycles. The summed E-state index contributed by atoms with van der Waals surface area (Å²) in [5.74, 6) is 4.28. The van der Waals surface area contributed by atoms with Gasteiger partial charge in [0, 0.05) is 13.6 Å². The second-order valence-corrected chi connectivity index (χ2v) is 5.98. The van der Waals surface area contributed by atoms with Crippen molar-refractivity contribution in [3.8, 4) is 0 Å². The third-order valence-corrected chi connectivity index (χ3v) is 3.93. The van der Waals surface area contributed by atoms with Gasteiger partial charge in [0.1, 0.15) is 23.9 Å². The Balaban J connectivity index is 2.05. The fourth-order valence-corrected chi connectivity index (χ4v) is 2.24. The first-order valence-electron chi connectivity index (χ1n) is 8.47. The zero-order valence-corrected chi connectivity index (χ0v) is 15.3. The molecule has 0 saturated carbocycles. The Morgan fingerprint density at radius 2 is 2.12 bits per heavy atom. The van der Waals surface area contributed by atoms with Crippen LogP contribution in [0, 0.1) is 13.8 Å². The molecule has 1 atom stereocenters. The minimum atomic E-state index is 0.0350. The number of nitrogens with one attached hydrogen (secondary N) is 2. The van der Waals surface area contributed by atoms with Gasteiger partial charge in [0.2, 0.25) is 0 Å². The van der Waals surface area contributed by atoms with E-state index in [0.29, 0.717) is 6.54 Å². The number of hydrogen-bond acceptors (Lipinski definition) is 4. The molecule has 0 aliphatic carbocycles. The highest BCUT2D eigenvalue weighted by Crippen LogP contribution is 2.15. The van der Waals surface area contributed by atoms with E-state index < -0.39 is 0 Å². The molecule has 2 aromatic rings.